The fourth-order valence-electron chi connectivity index (χ4n) is 4.37. The Balaban J connectivity index is 0.00000240. The number of carbonyl (C=O) groups excluding carboxylic acids is 1. The summed E-state index contributed by atoms with van der Waals surface area (Å²) in [6.07, 6.45) is 1.57. The van der Waals surface area contributed by atoms with Gasteiger partial charge in [0.2, 0.25) is 6.79 Å². The molecule has 0 saturated carbocycles. The van der Waals surface area contributed by atoms with E-state index in [-0.39, 0.29) is 49.2 Å². The summed E-state index contributed by atoms with van der Waals surface area (Å²) in [5.41, 5.74) is 3.78. The number of nitrogens with zero attached hydrogens (tertiary/aromatic N) is 1. The van der Waals surface area contributed by atoms with Crippen molar-refractivity contribution in [3.05, 3.63) is 57.6 Å². The van der Waals surface area contributed by atoms with Crippen LogP contribution < -0.4 is 33.5 Å². The molecule has 1 unspecified atom stereocenters. The number of benzene rings is 2. The lowest BCUT2D eigenvalue weighted by Crippen LogP contribution is -3.00. The second-order valence-corrected chi connectivity index (χ2v) is 8.51. The van der Waals surface area contributed by atoms with Gasteiger partial charge in [-0.15, -0.1) is 0 Å². The molecule has 2 aromatic rings. The molecule has 0 amide bonds. The molecule has 0 aliphatic carbocycles. The average molecular weight is 530 g/mol. The smallest absolute Gasteiger partial charge is 0.231 e. The van der Waals surface area contributed by atoms with Gasteiger partial charge in [0.25, 0.3) is 0 Å². The van der Waals surface area contributed by atoms with Crippen LogP contribution in [0.4, 0.5) is 0 Å². The van der Waals surface area contributed by atoms with E-state index >= 15 is 0 Å². The summed E-state index contributed by atoms with van der Waals surface area (Å²) in [6.45, 7) is 0.950. The number of ketones is 1. The number of halogens is 2. The number of Topliss-reactive ketones (excluding diaryl/α,β-unsaturated/α-hetero) is 1. The number of rotatable bonds is 5. The normalized spacial score (nSPS) is 18.7. The Kier molecular flexibility index (Phi) is 6.77. The third kappa shape index (κ3) is 4.26. The van der Waals surface area contributed by atoms with Gasteiger partial charge in [0.1, 0.15) is 11.8 Å². The fraction of sp³-hybridized carbons (Fsp3) is 0.409. The molecule has 156 valence electrons. The minimum atomic E-state index is -0.135. The summed E-state index contributed by atoms with van der Waals surface area (Å²) in [5, 5.41) is 10.7. The monoisotopic (exact) mass is 529 g/mol. The highest BCUT2D eigenvalue weighted by molar-refractivity contribution is 6.31. The van der Waals surface area contributed by atoms with E-state index in [0.29, 0.717) is 33.8 Å². The van der Waals surface area contributed by atoms with Crippen LogP contribution in [0.15, 0.2) is 30.3 Å². The van der Waals surface area contributed by atoms with Crippen molar-refractivity contribution in [3.63, 3.8) is 0 Å². The Labute approximate surface area is 193 Å². The molecule has 0 radical (unpaired) electrons. The zero-order valence-corrected chi connectivity index (χ0v) is 19.5. The van der Waals surface area contributed by atoms with Gasteiger partial charge in [0, 0.05) is 29.0 Å². The van der Waals surface area contributed by atoms with Gasteiger partial charge < -0.3 is 43.0 Å². The van der Waals surface area contributed by atoms with Gasteiger partial charge >= 0.3 is 0 Å². The van der Waals surface area contributed by atoms with Crippen LogP contribution in [0.25, 0.3) is 0 Å². The number of quaternary nitrogens is 1. The van der Waals surface area contributed by atoms with E-state index in [4.69, 9.17) is 21.1 Å². The minimum absolute atomic E-state index is 0. The van der Waals surface area contributed by atoms with Gasteiger partial charge in [-0.05, 0) is 23.3 Å². The first-order valence-corrected chi connectivity index (χ1v) is 9.91. The topological polar surface area (TPSA) is 55.8 Å². The number of hydrogen-bond donors (Lipinski definition) is 1. The number of hydrogen-bond acceptors (Lipinski definition) is 4. The van der Waals surface area contributed by atoms with Crippen molar-refractivity contribution in [1.82, 2.24) is 0 Å². The molecule has 5 nitrogen and oxygen atoms in total. The van der Waals surface area contributed by atoms with Crippen molar-refractivity contribution >= 4 is 17.4 Å². The quantitative estimate of drug-likeness (QED) is 0.451. The van der Waals surface area contributed by atoms with Crippen LogP contribution in [0.2, 0.25) is 5.02 Å². The molecule has 2 heterocycles. The van der Waals surface area contributed by atoms with Crippen LogP contribution in [-0.2, 0) is 24.2 Å². The van der Waals surface area contributed by atoms with Crippen LogP contribution in [0.1, 0.15) is 34.7 Å². The van der Waals surface area contributed by atoms with Crippen molar-refractivity contribution in [3.8, 4) is 11.5 Å². The lowest BCUT2D eigenvalue weighted by molar-refractivity contribution is -0.922. The van der Waals surface area contributed by atoms with Crippen molar-refractivity contribution in [2.24, 2.45) is 0 Å². The number of carbonyl (C=O) groups is 1. The molecular formula is C22H25ClINO4. The van der Waals surface area contributed by atoms with Crippen LogP contribution in [0, 0.1) is 0 Å². The molecule has 0 fully saturated rings. The summed E-state index contributed by atoms with van der Waals surface area (Å²) in [7, 11) is 4.28. The number of ether oxygens (including phenoxy) is 2. The molecular weight excluding hydrogens is 505 g/mol. The summed E-state index contributed by atoms with van der Waals surface area (Å²) in [4.78, 5) is 13.0. The Morgan fingerprint density at radius 3 is 2.76 bits per heavy atom. The van der Waals surface area contributed by atoms with Crippen molar-refractivity contribution in [2.45, 2.75) is 31.9 Å². The molecule has 0 spiro atoms. The van der Waals surface area contributed by atoms with E-state index in [0.717, 1.165) is 35.2 Å². The van der Waals surface area contributed by atoms with Gasteiger partial charge in [-0.1, -0.05) is 29.8 Å². The maximum Gasteiger partial charge on any atom is 0.231 e. The third-order valence-electron chi connectivity index (χ3n) is 5.95. The molecule has 0 bridgehead atoms. The van der Waals surface area contributed by atoms with Gasteiger partial charge in [0.05, 0.1) is 33.7 Å². The van der Waals surface area contributed by atoms with Crippen molar-refractivity contribution in [1.29, 1.82) is 0 Å². The molecule has 2 aromatic carbocycles. The molecule has 0 saturated heterocycles. The maximum atomic E-state index is 13.0. The molecule has 1 N–H and O–H groups in total. The Bertz CT molecular complexity index is 931. The number of likely N-dealkylation sites (N-methyl/N-ethyl adjacent to an activating group) is 1. The molecule has 0 aromatic heterocycles. The average Bonchev–Trinajstić information content (AvgIpc) is 3.12. The van der Waals surface area contributed by atoms with Crippen LogP contribution >= 0.6 is 11.6 Å². The standard InChI is InChI=1S/C22H25ClNO4.HI/c1-24(2)8-7-15-10-20-22(28-13-27-20)17(12-25)21(15)19(24)11-16(26)9-14-5-3-4-6-18(14)23;/h3-6,10,19,25H,7-9,11-13H2,1-2H3;1H/q+1;/p-1. The molecule has 7 heteroatoms. The Hall–Kier alpha value is -1.35. The van der Waals surface area contributed by atoms with Crippen molar-refractivity contribution in [2.75, 3.05) is 27.4 Å². The minimum Gasteiger partial charge on any atom is -1.00 e. The first kappa shape index (κ1) is 22.3. The van der Waals surface area contributed by atoms with Gasteiger partial charge in [-0.2, -0.15) is 0 Å². The number of fused-ring (bicyclic) bond motifs is 2. The summed E-state index contributed by atoms with van der Waals surface area (Å²) in [6, 6.07) is 9.44. The van der Waals surface area contributed by atoms with E-state index in [1.165, 1.54) is 0 Å². The zero-order chi connectivity index (χ0) is 19.9. The first-order valence-electron chi connectivity index (χ1n) is 9.53. The van der Waals surface area contributed by atoms with Crippen LogP contribution in [0.3, 0.4) is 0 Å². The summed E-state index contributed by atoms with van der Waals surface area (Å²) >= 11 is 6.24. The highest BCUT2D eigenvalue weighted by Crippen LogP contribution is 2.47. The van der Waals surface area contributed by atoms with Crippen LogP contribution in [0.5, 0.6) is 11.5 Å². The van der Waals surface area contributed by atoms with E-state index in [1.807, 2.05) is 30.3 Å². The van der Waals surface area contributed by atoms with Gasteiger partial charge in [-0.25, -0.2) is 0 Å². The van der Waals surface area contributed by atoms with E-state index in [9.17, 15) is 9.90 Å². The Morgan fingerprint density at radius 2 is 2.03 bits per heavy atom. The molecule has 2 aliphatic rings. The third-order valence-corrected chi connectivity index (χ3v) is 6.32. The van der Waals surface area contributed by atoms with Gasteiger partial charge in [0.15, 0.2) is 11.5 Å². The maximum absolute atomic E-state index is 13.0. The summed E-state index contributed by atoms with van der Waals surface area (Å²) in [5.74, 6) is 1.45. The van der Waals surface area contributed by atoms with E-state index in [1.54, 1.807) is 0 Å². The van der Waals surface area contributed by atoms with Crippen LogP contribution in [-0.4, -0.2) is 42.8 Å². The highest BCUT2D eigenvalue weighted by atomic mass is 127. The molecule has 1 atom stereocenters. The van der Waals surface area contributed by atoms with E-state index < -0.39 is 0 Å². The SMILES string of the molecule is C[N+]1(C)CCc2cc3c(c(CO)c2C1CC(=O)Cc1ccccc1Cl)OCO3.[I-]. The second-order valence-electron chi connectivity index (χ2n) is 8.10. The summed E-state index contributed by atoms with van der Waals surface area (Å²) < 4.78 is 11.9. The van der Waals surface area contributed by atoms with E-state index in [2.05, 4.69) is 14.1 Å². The Morgan fingerprint density at radius 1 is 1.28 bits per heavy atom. The van der Waals surface area contributed by atoms with Gasteiger partial charge in [-0.3, -0.25) is 4.79 Å². The predicted octanol–water partition coefficient (Wildman–Crippen LogP) is 0.440. The lowest BCUT2D eigenvalue weighted by Gasteiger charge is -2.43. The fourth-order valence-corrected chi connectivity index (χ4v) is 4.57. The van der Waals surface area contributed by atoms with Crippen molar-refractivity contribution < 1.29 is 47.8 Å². The highest BCUT2D eigenvalue weighted by Gasteiger charge is 2.41. The second kappa shape index (κ2) is 8.79. The zero-order valence-electron chi connectivity index (χ0n) is 16.6. The lowest BCUT2D eigenvalue weighted by atomic mass is 9.83. The molecule has 29 heavy (non-hydrogen) atoms. The molecule has 2 aliphatic heterocycles. The first-order chi connectivity index (χ1) is 13.4. The predicted molar refractivity (Wildman–Crippen MR) is 107 cm³/mol. The largest absolute Gasteiger partial charge is 1.00 e. The number of aliphatic hydroxyl groups excluding tert-OH is 1. The number of aliphatic hydroxyl groups is 1. The molecule has 4 rings (SSSR count).